The van der Waals surface area contributed by atoms with E-state index in [9.17, 15) is 24.2 Å². The molecule has 23 heavy (non-hydrogen) atoms. The van der Waals surface area contributed by atoms with E-state index in [4.69, 9.17) is 9.47 Å². The van der Waals surface area contributed by atoms with Gasteiger partial charge in [0, 0.05) is 32.5 Å². The van der Waals surface area contributed by atoms with E-state index in [1.807, 2.05) is 13.8 Å². The highest BCUT2D eigenvalue weighted by Crippen LogP contribution is 2.46. The molecule has 1 unspecified atom stereocenters. The van der Waals surface area contributed by atoms with Gasteiger partial charge in [-0.3, -0.25) is 9.36 Å². The first-order valence-corrected chi connectivity index (χ1v) is 9.77. The predicted octanol–water partition coefficient (Wildman–Crippen LogP) is 2.18. The molecule has 0 saturated carbocycles. The summed E-state index contributed by atoms with van der Waals surface area (Å²) in [4.78, 5) is 32.3. The van der Waals surface area contributed by atoms with E-state index in [1.165, 1.54) is 6.92 Å². The van der Waals surface area contributed by atoms with Crippen molar-refractivity contribution >= 4 is 19.4 Å². The van der Waals surface area contributed by atoms with Crippen molar-refractivity contribution in [2.45, 2.75) is 65.0 Å². The van der Waals surface area contributed by atoms with E-state index in [2.05, 4.69) is 5.32 Å². The van der Waals surface area contributed by atoms with Gasteiger partial charge >= 0.3 is 12.1 Å². The van der Waals surface area contributed by atoms with Crippen LogP contribution in [0, 0.1) is 0 Å². The number of alkyl carbamates (subject to hydrolysis) is 1. The lowest BCUT2D eigenvalue weighted by Crippen LogP contribution is -2.32. The molecule has 0 aromatic rings. The second kappa shape index (κ2) is 11.4. The number of aliphatic hydroxyl groups excluding tert-OH is 1. The number of rotatable bonds is 11. The van der Waals surface area contributed by atoms with Crippen molar-refractivity contribution < 1.29 is 33.6 Å². The SMILES string of the molecule is CCCCP(=O)(O)[C@@H](O)CCNC(=O)O[C@H](C)OC(=O)CCC. The van der Waals surface area contributed by atoms with Crippen LogP contribution in [-0.2, 0) is 18.8 Å². The van der Waals surface area contributed by atoms with Crippen LogP contribution in [0.15, 0.2) is 0 Å². The normalized spacial score (nSPS) is 16.0. The van der Waals surface area contributed by atoms with Crippen LogP contribution in [0.1, 0.15) is 52.9 Å². The molecule has 3 N–H and O–H groups in total. The molecule has 0 aliphatic carbocycles. The lowest BCUT2D eigenvalue weighted by Gasteiger charge is -2.18. The number of aliphatic hydroxyl groups is 1. The summed E-state index contributed by atoms with van der Waals surface area (Å²) >= 11 is 0. The summed E-state index contributed by atoms with van der Waals surface area (Å²) in [6, 6.07) is 0. The van der Waals surface area contributed by atoms with Crippen LogP contribution in [0.4, 0.5) is 4.79 Å². The zero-order valence-corrected chi connectivity index (χ0v) is 14.9. The van der Waals surface area contributed by atoms with Gasteiger partial charge in [-0.15, -0.1) is 0 Å². The molecular weight excluding hydrogens is 325 g/mol. The van der Waals surface area contributed by atoms with Gasteiger partial charge in [-0.05, 0) is 12.8 Å². The topological polar surface area (TPSA) is 122 Å². The summed E-state index contributed by atoms with van der Waals surface area (Å²) in [6.07, 6.45) is 0.343. The van der Waals surface area contributed by atoms with Crippen LogP contribution in [0.25, 0.3) is 0 Å². The number of carbonyl (C=O) groups is 2. The van der Waals surface area contributed by atoms with E-state index in [-0.39, 0.29) is 25.5 Å². The van der Waals surface area contributed by atoms with Gasteiger partial charge in [0.05, 0.1) is 0 Å². The number of ether oxygens (including phenoxy) is 2. The van der Waals surface area contributed by atoms with Gasteiger partial charge in [0.25, 0.3) is 0 Å². The van der Waals surface area contributed by atoms with Crippen LogP contribution in [-0.4, -0.2) is 46.9 Å². The van der Waals surface area contributed by atoms with Crippen LogP contribution in [0.3, 0.4) is 0 Å². The summed E-state index contributed by atoms with van der Waals surface area (Å²) in [7, 11) is -3.62. The number of hydrogen-bond acceptors (Lipinski definition) is 6. The zero-order chi connectivity index (χ0) is 17.9. The molecule has 136 valence electrons. The second-order valence-corrected chi connectivity index (χ2v) is 7.80. The largest absolute Gasteiger partial charge is 0.425 e. The number of esters is 1. The van der Waals surface area contributed by atoms with Gasteiger partial charge in [0.1, 0.15) is 5.85 Å². The number of amides is 1. The molecule has 0 rings (SSSR count). The maximum absolute atomic E-state index is 11.8. The monoisotopic (exact) mass is 353 g/mol. The Morgan fingerprint density at radius 3 is 2.43 bits per heavy atom. The molecule has 0 spiro atoms. The Hall–Kier alpha value is -1.11. The van der Waals surface area contributed by atoms with Crippen LogP contribution in [0.2, 0.25) is 0 Å². The van der Waals surface area contributed by atoms with E-state index in [0.717, 1.165) is 6.42 Å². The molecule has 9 heteroatoms. The van der Waals surface area contributed by atoms with E-state index >= 15 is 0 Å². The molecule has 0 aromatic carbocycles. The maximum atomic E-state index is 11.8. The third-order valence-corrected chi connectivity index (χ3v) is 5.14. The van der Waals surface area contributed by atoms with Gasteiger partial charge in [-0.1, -0.05) is 20.3 Å². The standard InChI is InChI=1S/C14H28NO7P/c1-4-6-10-23(19,20)13(17)8-9-15-14(18)22-11(3)21-12(16)7-5-2/h11,13,17H,4-10H2,1-3H3,(H,15,18)(H,19,20)/t11-,13-/m1/s1. The van der Waals surface area contributed by atoms with E-state index in [1.54, 1.807) is 0 Å². The lowest BCUT2D eigenvalue weighted by atomic mass is 10.3. The summed E-state index contributed by atoms with van der Waals surface area (Å²) in [6.45, 7) is 5.10. The van der Waals surface area contributed by atoms with Gasteiger partial charge in [-0.25, -0.2) is 4.79 Å². The molecule has 8 nitrogen and oxygen atoms in total. The number of unbranched alkanes of at least 4 members (excludes halogenated alkanes) is 1. The summed E-state index contributed by atoms with van der Waals surface area (Å²) in [5.41, 5.74) is 0. The van der Waals surface area contributed by atoms with Crippen molar-refractivity contribution in [2.75, 3.05) is 12.7 Å². The minimum Gasteiger partial charge on any atom is -0.425 e. The lowest BCUT2D eigenvalue weighted by molar-refractivity contribution is -0.164. The average molecular weight is 353 g/mol. The highest BCUT2D eigenvalue weighted by molar-refractivity contribution is 7.58. The second-order valence-electron chi connectivity index (χ2n) is 5.24. The third kappa shape index (κ3) is 10.3. The van der Waals surface area contributed by atoms with Crippen molar-refractivity contribution in [3.63, 3.8) is 0 Å². The fraction of sp³-hybridized carbons (Fsp3) is 0.857. The Morgan fingerprint density at radius 1 is 1.22 bits per heavy atom. The molecule has 0 radical (unpaired) electrons. The molecule has 0 fully saturated rings. The fourth-order valence-electron chi connectivity index (χ4n) is 1.70. The zero-order valence-electron chi connectivity index (χ0n) is 14.0. The minimum absolute atomic E-state index is 0.0215. The molecule has 3 atom stereocenters. The molecule has 0 heterocycles. The first-order valence-electron chi connectivity index (χ1n) is 7.86. The maximum Gasteiger partial charge on any atom is 0.410 e. The molecule has 0 aromatic heterocycles. The van der Waals surface area contributed by atoms with Crippen molar-refractivity contribution in [2.24, 2.45) is 0 Å². The predicted molar refractivity (Wildman–Crippen MR) is 85.2 cm³/mol. The van der Waals surface area contributed by atoms with Crippen LogP contribution < -0.4 is 5.32 Å². The van der Waals surface area contributed by atoms with Crippen molar-refractivity contribution in [3.8, 4) is 0 Å². The summed E-state index contributed by atoms with van der Waals surface area (Å²) in [5.74, 6) is -1.84. The fourth-order valence-corrected chi connectivity index (χ4v) is 3.30. The molecule has 1 amide bonds. The first-order chi connectivity index (χ1) is 10.7. The quantitative estimate of drug-likeness (QED) is 0.295. The highest BCUT2D eigenvalue weighted by atomic mass is 31.2. The highest BCUT2D eigenvalue weighted by Gasteiger charge is 2.28. The minimum atomic E-state index is -3.62. The number of nitrogens with one attached hydrogen (secondary N) is 1. The Kier molecular flexibility index (Phi) is 10.9. The average Bonchev–Trinajstić information content (AvgIpc) is 2.44. The van der Waals surface area contributed by atoms with Gasteiger partial charge < -0.3 is 24.8 Å². The molecular formula is C14H28NO7P. The molecule has 0 bridgehead atoms. The van der Waals surface area contributed by atoms with Crippen molar-refractivity contribution in [1.82, 2.24) is 5.32 Å². The first kappa shape index (κ1) is 21.9. The Morgan fingerprint density at radius 2 is 1.87 bits per heavy atom. The summed E-state index contributed by atoms with van der Waals surface area (Å²) < 4.78 is 21.4. The Balaban J connectivity index is 4.01. The van der Waals surface area contributed by atoms with Crippen LogP contribution >= 0.6 is 7.37 Å². The third-order valence-electron chi connectivity index (χ3n) is 2.99. The smallest absolute Gasteiger partial charge is 0.410 e. The Bertz CT molecular complexity index is 416. The number of carbonyl (C=O) groups excluding carboxylic acids is 2. The molecule has 0 aliphatic heterocycles. The van der Waals surface area contributed by atoms with Gasteiger partial charge in [0.2, 0.25) is 13.7 Å². The van der Waals surface area contributed by atoms with E-state index in [0.29, 0.717) is 12.8 Å². The van der Waals surface area contributed by atoms with Crippen LogP contribution in [0.5, 0.6) is 0 Å². The molecule has 0 aliphatic rings. The Labute approximate surface area is 137 Å². The van der Waals surface area contributed by atoms with Crippen molar-refractivity contribution in [1.29, 1.82) is 0 Å². The van der Waals surface area contributed by atoms with E-state index < -0.39 is 31.6 Å². The van der Waals surface area contributed by atoms with Crippen molar-refractivity contribution in [3.05, 3.63) is 0 Å². The van der Waals surface area contributed by atoms with Gasteiger partial charge in [0.15, 0.2) is 0 Å². The molecule has 0 saturated heterocycles. The summed E-state index contributed by atoms with van der Waals surface area (Å²) in [5, 5.41) is 12.0. The van der Waals surface area contributed by atoms with Gasteiger partial charge in [-0.2, -0.15) is 0 Å². The number of hydrogen-bond donors (Lipinski definition) is 3.